The smallest absolute Gasteiger partial charge is 0.0985 e. The summed E-state index contributed by atoms with van der Waals surface area (Å²) >= 11 is 0. The van der Waals surface area contributed by atoms with Crippen molar-refractivity contribution in [3.63, 3.8) is 0 Å². The fourth-order valence-corrected chi connectivity index (χ4v) is 5.86. The van der Waals surface area contributed by atoms with Gasteiger partial charge in [0.25, 0.3) is 0 Å². The molecule has 2 bridgehead atoms. The van der Waals surface area contributed by atoms with Crippen molar-refractivity contribution < 1.29 is 0 Å². The van der Waals surface area contributed by atoms with Crippen LogP contribution < -0.4 is 9.80 Å². The first-order chi connectivity index (χ1) is 16.4. The Balaban J connectivity index is 1.49. The number of nitrogens with zero attached hydrogens (tertiary/aromatic N) is 6. The summed E-state index contributed by atoms with van der Waals surface area (Å²) in [6.07, 6.45) is 7.45. The lowest BCUT2D eigenvalue weighted by molar-refractivity contribution is 0.661. The second-order valence-corrected chi connectivity index (χ2v) is 8.79. The van der Waals surface area contributed by atoms with Gasteiger partial charge in [0.05, 0.1) is 40.1 Å². The van der Waals surface area contributed by atoms with Crippen molar-refractivity contribution in [3.05, 3.63) is 84.4 Å². The van der Waals surface area contributed by atoms with E-state index in [1.165, 1.54) is 44.0 Å². The van der Waals surface area contributed by atoms with Gasteiger partial charge in [0.15, 0.2) is 0 Å². The number of aromatic nitrogens is 4. The van der Waals surface area contributed by atoms with E-state index in [1.54, 1.807) is 0 Å². The van der Waals surface area contributed by atoms with Gasteiger partial charge in [-0.25, -0.2) is 0 Å². The summed E-state index contributed by atoms with van der Waals surface area (Å²) < 4.78 is 0. The van der Waals surface area contributed by atoms with Crippen LogP contribution in [0.2, 0.25) is 0 Å². The summed E-state index contributed by atoms with van der Waals surface area (Å²) in [5.74, 6) is 0. The first-order valence-corrected chi connectivity index (χ1v) is 11.2. The second kappa shape index (κ2) is 6.13. The minimum absolute atomic E-state index is 0.821. The molecule has 4 aromatic heterocycles. The molecule has 0 atom stereocenters. The molecular formula is C27H18N6. The molecular weight excluding hydrogens is 408 g/mol. The maximum atomic E-state index is 4.74. The monoisotopic (exact) mass is 426 g/mol. The van der Waals surface area contributed by atoms with Crippen molar-refractivity contribution in [2.75, 3.05) is 16.5 Å². The van der Waals surface area contributed by atoms with Gasteiger partial charge in [-0.05, 0) is 36.4 Å². The number of benzene rings is 2. The SMILES string of the molecule is c1cnc2c(c1)c1c(c3cccnc32)N2Cc3c(c4cccnc4c4ncccc34)N(C1)C2. The summed E-state index contributed by atoms with van der Waals surface area (Å²) in [5.41, 5.74) is 9.10. The summed E-state index contributed by atoms with van der Waals surface area (Å²) in [6, 6.07) is 16.8. The van der Waals surface area contributed by atoms with Gasteiger partial charge in [0.1, 0.15) is 0 Å². The molecule has 6 aromatic rings. The predicted molar refractivity (Wildman–Crippen MR) is 131 cm³/mol. The van der Waals surface area contributed by atoms with Gasteiger partial charge >= 0.3 is 0 Å². The predicted octanol–water partition coefficient (Wildman–Crippen LogP) is 5.18. The van der Waals surface area contributed by atoms with Crippen LogP contribution in [0.3, 0.4) is 0 Å². The topological polar surface area (TPSA) is 58.0 Å². The second-order valence-electron chi connectivity index (χ2n) is 8.79. The van der Waals surface area contributed by atoms with Gasteiger partial charge in [-0.15, -0.1) is 0 Å². The van der Waals surface area contributed by atoms with Crippen molar-refractivity contribution in [1.29, 1.82) is 0 Å². The van der Waals surface area contributed by atoms with Gasteiger partial charge in [-0.3, -0.25) is 19.9 Å². The number of hydrogen-bond donors (Lipinski definition) is 0. The highest BCUT2D eigenvalue weighted by atomic mass is 15.4. The first-order valence-electron chi connectivity index (χ1n) is 11.2. The fraction of sp³-hybridized carbons (Fsp3) is 0.111. The molecule has 0 aliphatic carbocycles. The summed E-state index contributed by atoms with van der Waals surface area (Å²) in [4.78, 5) is 23.9. The zero-order valence-corrected chi connectivity index (χ0v) is 17.7. The number of fused-ring (bicyclic) bond motifs is 16. The molecule has 6 heterocycles. The highest BCUT2D eigenvalue weighted by Crippen LogP contribution is 2.48. The van der Waals surface area contributed by atoms with Gasteiger partial charge in [0, 0.05) is 70.5 Å². The van der Waals surface area contributed by atoms with E-state index in [1.807, 2.05) is 49.1 Å². The lowest BCUT2D eigenvalue weighted by Gasteiger charge is -2.46. The Morgan fingerprint density at radius 2 is 0.848 bits per heavy atom. The van der Waals surface area contributed by atoms with Crippen molar-refractivity contribution in [2.45, 2.75) is 13.1 Å². The number of pyridine rings is 4. The highest BCUT2D eigenvalue weighted by Gasteiger charge is 2.35. The van der Waals surface area contributed by atoms with Gasteiger partial charge in [0.2, 0.25) is 0 Å². The molecule has 0 amide bonds. The fourth-order valence-electron chi connectivity index (χ4n) is 5.86. The van der Waals surface area contributed by atoms with E-state index in [2.05, 4.69) is 34.1 Å². The molecule has 2 aliphatic rings. The number of hydrogen-bond acceptors (Lipinski definition) is 6. The van der Waals surface area contributed by atoms with E-state index in [4.69, 9.17) is 19.9 Å². The molecule has 0 unspecified atom stereocenters. The largest absolute Gasteiger partial charge is 0.349 e. The third kappa shape index (κ3) is 2.17. The summed E-state index contributed by atoms with van der Waals surface area (Å²) in [7, 11) is 0. The molecule has 2 aliphatic heterocycles. The molecule has 2 aromatic carbocycles. The van der Waals surface area contributed by atoms with E-state index in [-0.39, 0.29) is 0 Å². The minimum Gasteiger partial charge on any atom is -0.349 e. The van der Waals surface area contributed by atoms with E-state index >= 15 is 0 Å². The third-order valence-corrected chi connectivity index (χ3v) is 7.08. The van der Waals surface area contributed by atoms with Gasteiger partial charge in [-0.2, -0.15) is 0 Å². The van der Waals surface area contributed by atoms with E-state index in [9.17, 15) is 0 Å². The average molecular weight is 426 g/mol. The minimum atomic E-state index is 0.821. The molecule has 0 fully saturated rings. The third-order valence-electron chi connectivity index (χ3n) is 7.08. The Labute approximate surface area is 189 Å². The molecule has 33 heavy (non-hydrogen) atoms. The van der Waals surface area contributed by atoms with Gasteiger partial charge in [-0.1, -0.05) is 12.1 Å². The molecule has 6 heteroatoms. The lowest BCUT2D eigenvalue weighted by Crippen LogP contribution is -2.46. The molecule has 0 saturated heterocycles. The summed E-state index contributed by atoms with van der Waals surface area (Å²) in [5, 5.41) is 4.71. The zero-order valence-electron chi connectivity index (χ0n) is 17.7. The Bertz CT molecular complexity index is 1650. The van der Waals surface area contributed by atoms with Crippen molar-refractivity contribution in [1.82, 2.24) is 19.9 Å². The molecule has 0 radical (unpaired) electrons. The Hall–Kier alpha value is -4.32. The van der Waals surface area contributed by atoms with Crippen LogP contribution in [0.25, 0.3) is 43.6 Å². The number of rotatable bonds is 0. The molecule has 0 saturated carbocycles. The molecule has 156 valence electrons. The van der Waals surface area contributed by atoms with E-state index in [0.717, 1.165) is 41.8 Å². The average Bonchev–Trinajstić information content (AvgIpc) is 2.89. The van der Waals surface area contributed by atoms with E-state index < -0.39 is 0 Å². The maximum Gasteiger partial charge on any atom is 0.0985 e. The van der Waals surface area contributed by atoms with Crippen LogP contribution in [-0.2, 0) is 13.1 Å². The maximum absolute atomic E-state index is 4.74. The van der Waals surface area contributed by atoms with Gasteiger partial charge < -0.3 is 9.80 Å². The van der Waals surface area contributed by atoms with Crippen LogP contribution in [-0.4, -0.2) is 26.6 Å². The quantitative estimate of drug-likeness (QED) is 0.312. The van der Waals surface area contributed by atoms with Crippen LogP contribution >= 0.6 is 0 Å². The molecule has 0 N–H and O–H groups in total. The van der Waals surface area contributed by atoms with Crippen LogP contribution in [0, 0.1) is 0 Å². The van der Waals surface area contributed by atoms with E-state index in [0.29, 0.717) is 0 Å². The molecule has 0 spiro atoms. The number of anilines is 2. The molecule has 6 nitrogen and oxygen atoms in total. The standard InChI is InChI=1S/C27H18N6/c1-5-16-20-13-32-15-33(26(20)18-7-3-11-30-24(18)22(16)28-9-1)14-21-17-6-2-10-29-23(17)25-19(27(21)32)8-4-12-31-25/h1-12H,13-15H2. The van der Waals surface area contributed by atoms with Crippen LogP contribution in [0.5, 0.6) is 0 Å². The normalized spacial score (nSPS) is 14.8. The van der Waals surface area contributed by atoms with Crippen LogP contribution in [0.4, 0.5) is 11.4 Å². The Morgan fingerprint density at radius 3 is 1.27 bits per heavy atom. The summed E-state index contributed by atoms with van der Waals surface area (Å²) in [6.45, 7) is 2.48. The van der Waals surface area contributed by atoms with Crippen LogP contribution in [0.1, 0.15) is 11.1 Å². The highest BCUT2D eigenvalue weighted by molar-refractivity contribution is 6.15. The van der Waals surface area contributed by atoms with Crippen molar-refractivity contribution in [2.24, 2.45) is 0 Å². The first kappa shape index (κ1) is 17.3. The van der Waals surface area contributed by atoms with Crippen LogP contribution in [0.15, 0.2) is 73.3 Å². The van der Waals surface area contributed by atoms with Crippen molar-refractivity contribution in [3.8, 4) is 0 Å². The Morgan fingerprint density at radius 1 is 0.485 bits per heavy atom. The lowest BCUT2D eigenvalue weighted by atomic mass is 9.92. The van der Waals surface area contributed by atoms with Crippen molar-refractivity contribution >= 4 is 55.0 Å². The Kier molecular flexibility index (Phi) is 3.21. The zero-order chi connectivity index (χ0) is 21.5. The molecule has 8 rings (SSSR count).